The molecule has 1 atom stereocenters. The number of benzene rings is 2. The Morgan fingerprint density at radius 3 is 2.44 bits per heavy atom. The number of urea groups is 1. The second-order valence-corrected chi connectivity index (χ2v) is 9.02. The molecular formula is C26H36BN5O2. The number of hydrogen-bond acceptors (Lipinski definition) is 3. The van der Waals surface area contributed by atoms with Crippen LogP contribution in [0.1, 0.15) is 62.6 Å². The molecule has 0 saturated carbocycles. The van der Waals surface area contributed by atoms with Crippen LogP contribution in [0.4, 0.5) is 4.79 Å². The first-order valence-corrected chi connectivity index (χ1v) is 12.2. The zero-order valence-corrected chi connectivity index (χ0v) is 20.5. The van der Waals surface area contributed by atoms with Gasteiger partial charge >= 0.3 is 6.03 Å². The molecule has 0 aliphatic carbocycles. The molecule has 3 rings (SSSR count). The van der Waals surface area contributed by atoms with E-state index in [0.717, 1.165) is 47.8 Å². The number of amides is 3. The number of nitrogens with one attached hydrogen (secondary N) is 4. The number of rotatable bonds is 11. The maximum absolute atomic E-state index is 13.7. The Kier molecular flexibility index (Phi) is 8.74. The molecule has 1 fully saturated rings. The smallest absolute Gasteiger partial charge is 0.315 e. The lowest BCUT2D eigenvalue weighted by molar-refractivity contribution is -0.132. The first-order chi connectivity index (χ1) is 16.4. The molecule has 0 radical (unpaired) electrons. The average Bonchev–Trinajstić information content (AvgIpc) is 3.07. The number of carbonyl (C=O) groups excluding carboxylic acids is 2. The van der Waals surface area contributed by atoms with E-state index < -0.39 is 5.54 Å². The van der Waals surface area contributed by atoms with Crippen LogP contribution in [0.25, 0.3) is 0 Å². The molecule has 34 heavy (non-hydrogen) atoms. The molecule has 180 valence electrons. The maximum Gasteiger partial charge on any atom is 0.315 e. The van der Waals surface area contributed by atoms with Gasteiger partial charge in [0.1, 0.15) is 13.4 Å². The lowest BCUT2D eigenvalue weighted by Gasteiger charge is -2.28. The van der Waals surface area contributed by atoms with Crippen molar-refractivity contribution in [2.75, 3.05) is 6.54 Å². The summed E-state index contributed by atoms with van der Waals surface area (Å²) in [5, 5.41) is 17.5. The van der Waals surface area contributed by atoms with Crippen molar-refractivity contribution in [3.63, 3.8) is 0 Å². The van der Waals surface area contributed by atoms with Crippen molar-refractivity contribution in [2.24, 2.45) is 0 Å². The second-order valence-electron chi connectivity index (χ2n) is 9.02. The summed E-state index contributed by atoms with van der Waals surface area (Å²) in [5.41, 5.74) is 3.03. The number of unbranched alkanes of at least 4 members (excludes halogenated alkanes) is 2. The number of hydrogen-bond donors (Lipinski definition) is 4. The summed E-state index contributed by atoms with van der Waals surface area (Å²) in [4.78, 5) is 27.1. The molecule has 1 heterocycles. The highest BCUT2D eigenvalue weighted by Gasteiger charge is 2.50. The van der Waals surface area contributed by atoms with Gasteiger partial charge in [-0.2, -0.15) is 0 Å². The molecular weight excluding hydrogens is 425 g/mol. The largest absolute Gasteiger partial charge is 0.338 e. The van der Waals surface area contributed by atoms with Gasteiger partial charge in [0.2, 0.25) is 0 Å². The predicted molar refractivity (Wildman–Crippen MR) is 139 cm³/mol. The minimum Gasteiger partial charge on any atom is -0.338 e. The van der Waals surface area contributed by atoms with Crippen molar-refractivity contribution >= 4 is 31.2 Å². The molecule has 1 saturated heterocycles. The summed E-state index contributed by atoms with van der Waals surface area (Å²) in [5.74, 6) is 0.0585. The van der Waals surface area contributed by atoms with Crippen LogP contribution in [0.2, 0.25) is 0 Å². The Morgan fingerprint density at radius 2 is 1.76 bits per heavy atom. The van der Waals surface area contributed by atoms with Gasteiger partial charge in [0.15, 0.2) is 5.96 Å². The van der Waals surface area contributed by atoms with Crippen molar-refractivity contribution in [2.45, 2.75) is 64.6 Å². The van der Waals surface area contributed by atoms with Crippen molar-refractivity contribution in [1.82, 2.24) is 20.9 Å². The normalized spacial score (nSPS) is 17.5. The third-order valence-electron chi connectivity index (χ3n) is 6.26. The molecule has 4 N–H and O–H groups in total. The fourth-order valence-electron chi connectivity index (χ4n) is 4.24. The Morgan fingerprint density at radius 1 is 1.06 bits per heavy atom. The predicted octanol–water partition coefficient (Wildman–Crippen LogP) is 2.50. The van der Waals surface area contributed by atoms with Gasteiger partial charge in [-0.3, -0.25) is 15.1 Å². The fourth-order valence-corrected chi connectivity index (χ4v) is 4.24. The van der Waals surface area contributed by atoms with Crippen LogP contribution in [0.15, 0.2) is 48.5 Å². The van der Waals surface area contributed by atoms with Crippen LogP contribution in [0, 0.1) is 5.41 Å². The molecule has 8 heteroatoms. The molecule has 0 aromatic heterocycles. The van der Waals surface area contributed by atoms with E-state index in [1.165, 1.54) is 4.90 Å². The minimum atomic E-state index is -0.895. The van der Waals surface area contributed by atoms with Gasteiger partial charge in [0.25, 0.3) is 5.91 Å². The lowest BCUT2D eigenvalue weighted by atomic mass is 9.81. The highest BCUT2D eigenvalue weighted by Crippen LogP contribution is 2.34. The summed E-state index contributed by atoms with van der Waals surface area (Å²) in [7, 11) is 2.02. The molecule has 0 bridgehead atoms. The molecule has 1 unspecified atom stereocenters. The maximum atomic E-state index is 13.7. The highest BCUT2D eigenvalue weighted by atomic mass is 16.2. The highest BCUT2D eigenvalue weighted by molar-refractivity contribution is 6.32. The van der Waals surface area contributed by atoms with E-state index in [1.54, 1.807) is 0 Å². The van der Waals surface area contributed by atoms with Crippen molar-refractivity contribution in [3.8, 4) is 0 Å². The van der Waals surface area contributed by atoms with Crippen LogP contribution in [-0.4, -0.2) is 37.2 Å². The standard InChI is InChI=1S/C26H36BN5O2/c1-3-5-14-26(21-8-7-9-22(27)16-21)23(33)32(24(28)31-26)18-20-12-10-19(11-13-20)17-30-25(34)29-15-6-4-2/h7-13,16H,3-6,14-15,17-18,27H2,1-2H3,(H2,28,31)(H2,29,30,34). The van der Waals surface area contributed by atoms with Gasteiger partial charge in [-0.1, -0.05) is 87.1 Å². The monoisotopic (exact) mass is 461 g/mol. The van der Waals surface area contributed by atoms with Crippen LogP contribution < -0.4 is 21.4 Å². The first kappa shape index (κ1) is 25.3. The van der Waals surface area contributed by atoms with Gasteiger partial charge < -0.3 is 16.0 Å². The van der Waals surface area contributed by atoms with Crippen LogP contribution in [-0.2, 0) is 23.4 Å². The molecule has 3 amide bonds. The van der Waals surface area contributed by atoms with Crippen LogP contribution in [0.5, 0.6) is 0 Å². The van der Waals surface area contributed by atoms with E-state index in [9.17, 15) is 9.59 Å². The second kappa shape index (κ2) is 11.7. The van der Waals surface area contributed by atoms with Crippen LogP contribution >= 0.6 is 0 Å². The van der Waals surface area contributed by atoms with E-state index >= 15 is 0 Å². The van der Waals surface area contributed by atoms with E-state index in [4.69, 9.17) is 5.41 Å². The van der Waals surface area contributed by atoms with Gasteiger partial charge in [-0.15, -0.1) is 0 Å². The first-order valence-electron chi connectivity index (χ1n) is 12.2. The van der Waals surface area contributed by atoms with Crippen molar-refractivity contribution < 1.29 is 9.59 Å². The molecule has 2 aromatic rings. The summed E-state index contributed by atoms with van der Waals surface area (Å²) in [6.45, 7) is 5.63. The Balaban J connectivity index is 1.67. The summed E-state index contributed by atoms with van der Waals surface area (Å²) >= 11 is 0. The van der Waals surface area contributed by atoms with Gasteiger partial charge in [-0.05, 0) is 29.5 Å². The lowest BCUT2D eigenvalue weighted by Crippen LogP contribution is -2.44. The molecule has 1 aliphatic heterocycles. The zero-order chi connectivity index (χ0) is 24.6. The molecule has 2 aromatic carbocycles. The molecule has 0 spiro atoms. The molecule has 7 nitrogen and oxygen atoms in total. The Hall–Kier alpha value is -3.29. The van der Waals surface area contributed by atoms with E-state index in [-0.39, 0.29) is 17.9 Å². The SMILES string of the molecule is Bc1cccc(C2(CCCC)NC(=N)N(Cc3ccc(CNC(=O)NCCCC)cc3)C2=O)c1. The van der Waals surface area contributed by atoms with Crippen LogP contribution in [0.3, 0.4) is 0 Å². The fraction of sp³-hybridized carbons (Fsp3) is 0.423. The van der Waals surface area contributed by atoms with Crippen molar-refractivity contribution in [1.29, 1.82) is 5.41 Å². The summed E-state index contributed by atoms with van der Waals surface area (Å²) < 4.78 is 0. The third kappa shape index (κ3) is 5.98. The number of guanidine groups is 1. The summed E-state index contributed by atoms with van der Waals surface area (Å²) in [6.07, 6.45) is 4.52. The van der Waals surface area contributed by atoms with Gasteiger partial charge in [0, 0.05) is 13.1 Å². The van der Waals surface area contributed by atoms with Gasteiger partial charge in [0.05, 0.1) is 6.54 Å². The van der Waals surface area contributed by atoms with E-state index in [1.807, 2.05) is 56.4 Å². The number of nitrogens with zero attached hydrogens (tertiary/aromatic N) is 1. The minimum absolute atomic E-state index is 0.0777. The third-order valence-corrected chi connectivity index (χ3v) is 6.26. The average molecular weight is 461 g/mol. The van der Waals surface area contributed by atoms with Gasteiger partial charge in [-0.25, -0.2) is 4.79 Å². The van der Waals surface area contributed by atoms with E-state index in [2.05, 4.69) is 29.8 Å². The quantitative estimate of drug-likeness (QED) is 0.306. The van der Waals surface area contributed by atoms with E-state index in [0.29, 0.717) is 26.1 Å². The summed E-state index contributed by atoms with van der Waals surface area (Å²) in [6, 6.07) is 15.6. The topological polar surface area (TPSA) is 97.3 Å². The molecule has 1 aliphatic rings. The zero-order valence-electron chi connectivity index (χ0n) is 20.5. The number of carbonyl (C=O) groups is 2. The Bertz CT molecular complexity index is 1010. The Labute approximate surface area is 203 Å². The van der Waals surface area contributed by atoms with Crippen molar-refractivity contribution in [3.05, 3.63) is 65.2 Å².